The number of aryl methyl sites for hydroxylation is 1. The zero-order valence-corrected chi connectivity index (χ0v) is 4.76. The van der Waals surface area contributed by atoms with Crippen LogP contribution >= 0.6 is 0 Å². The van der Waals surface area contributed by atoms with Gasteiger partial charge in [0.05, 0.1) is 0 Å². The summed E-state index contributed by atoms with van der Waals surface area (Å²) in [5, 5.41) is 8.76. The summed E-state index contributed by atoms with van der Waals surface area (Å²) in [4.78, 5) is 0. The van der Waals surface area contributed by atoms with E-state index in [9.17, 15) is 0 Å². The number of phenols is 1. The van der Waals surface area contributed by atoms with Gasteiger partial charge in [0.1, 0.15) is 5.75 Å². The Bertz CT molecular complexity index is 143. The fourth-order valence-electron chi connectivity index (χ4n) is 0.545. The first kappa shape index (κ1) is 5.16. The molecule has 8 heavy (non-hydrogen) atoms. The van der Waals surface area contributed by atoms with E-state index in [2.05, 4.69) is 0 Å². The third kappa shape index (κ3) is 0.997. The summed E-state index contributed by atoms with van der Waals surface area (Å²) in [7, 11) is 0. The van der Waals surface area contributed by atoms with Crippen LogP contribution in [0.5, 0.6) is 5.75 Å². The van der Waals surface area contributed by atoms with Crippen LogP contribution in [0, 0.1) is 6.92 Å². The van der Waals surface area contributed by atoms with E-state index in [0.717, 1.165) is 0 Å². The van der Waals surface area contributed by atoms with Crippen LogP contribution in [0.1, 0.15) is 5.56 Å². The van der Waals surface area contributed by atoms with Gasteiger partial charge in [0, 0.05) is 0 Å². The van der Waals surface area contributed by atoms with Gasteiger partial charge in [-0.1, -0.05) is 17.7 Å². The van der Waals surface area contributed by atoms with Gasteiger partial charge in [-0.2, -0.15) is 0 Å². The summed E-state index contributed by atoms with van der Waals surface area (Å²) in [5.41, 5.74) is 1.17. The lowest BCUT2D eigenvalue weighted by molar-refractivity contribution is 0.475. The Morgan fingerprint density at radius 2 is 1.62 bits per heavy atom. The lowest BCUT2D eigenvalue weighted by atomic mass is 10.0. The molecule has 0 radical (unpaired) electrons. The molecule has 0 spiro atoms. The molecule has 1 aromatic rings. The molecular weight excluding hydrogens is 99.1 g/mol. The van der Waals surface area contributed by atoms with Crippen molar-refractivity contribution >= 4 is 0 Å². The molecule has 0 aliphatic rings. The zero-order chi connectivity index (χ0) is 5.98. The molecule has 1 N–H and O–H groups in total. The molecule has 0 unspecified atom stereocenters. The Kier molecular flexibility index (Phi) is 1.20. The molecule has 0 aromatic heterocycles. The van der Waals surface area contributed by atoms with Crippen LogP contribution in [0.25, 0.3) is 0 Å². The van der Waals surface area contributed by atoms with Crippen LogP contribution in [-0.2, 0) is 0 Å². The predicted octanol–water partition coefficient (Wildman–Crippen LogP) is 1.70. The highest BCUT2D eigenvalue weighted by molar-refractivity contribution is 5.24. The maximum Gasteiger partial charge on any atom is 0.115 e. The van der Waals surface area contributed by atoms with E-state index in [4.69, 9.17) is 5.11 Å². The van der Waals surface area contributed by atoms with Crippen molar-refractivity contribution in [3.05, 3.63) is 29.8 Å². The number of hydrogen-bond acceptors (Lipinski definition) is 1. The Labute approximate surface area is 48.6 Å². The molecule has 0 fully saturated rings. The normalized spacial score (nSPS) is 9.12. The lowest BCUT2D eigenvalue weighted by Gasteiger charge is -1.89. The van der Waals surface area contributed by atoms with Crippen molar-refractivity contribution in [2.45, 2.75) is 6.92 Å². The van der Waals surface area contributed by atoms with Gasteiger partial charge in [-0.05, 0) is 19.1 Å². The fraction of sp³-hybridized carbons (Fsp3) is 0.143. The second-order valence-electron chi connectivity index (χ2n) is 1.84. The van der Waals surface area contributed by atoms with Gasteiger partial charge < -0.3 is 5.11 Å². The van der Waals surface area contributed by atoms with Gasteiger partial charge in [0.2, 0.25) is 0 Å². The number of aromatic hydroxyl groups is 1. The van der Waals surface area contributed by atoms with Gasteiger partial charge in [-0.25, -0.2) is 0 Å². The van der Waals surface area contributed by atoms with Crippen LogP contribution in [0.3, 0.4) is 0 Å². The summed E-state index contributed by atoms with van der Waals surface area (Å²) in [6.07, 6.45) is 0. The second-order valence-corrected chi connectivity index (χ2v) is 1.84. The second kappa shape index (κ2) is 1.86. The van der Waals surface area contributed by atoms with Crippen LogP contribution in [-0.4, -0.2) is 5.11 Å². The van der Waals surface area contributed by atoms with E-state index in [1.54, 1.807) is 12.1 Å². The van der Waals surface area contributed by atoms with E-state index < -0.39 is 0 Å². The first-order valence-electron chi connectivity index (χ1n) is 2.54. The van der Waals surface area contributed by atoms with Crippen LogP contribution in [0.4, 0.5) is 0 Å². The third-order valence-corrected chi connectivity index (χ3v) is 1.03. The van der Waals surface area contributed by atoms with Crippen molar-refractivity contribution in [2.75, 3.05) is 0 Å². The first-order valence-corrected chi connectivity index (χ1v) is 2.54. The van der Waals surface area contributed by atoms with E-state index in [1.165, 1.54) is 5.56 Å². The highest BCUT2D eigenvalue weighted by Gasteiger charge is 1.82. The molecule has 1 nitrogen and oxygen atoms in total. The number of rotatable bonds is 0. The average Bonchev–Trinajstić information content (AvgIpc) is 1.77. The smallest absolute Gasteiger partial charge is 0.115 e. The molecule has 0 saturated carbocycles. The maximum absolute atomic E-state index is 8.76. The van der Waals surface area contributed by atoms with Crippen LogP contribution < -0.4 is 0 Å². The predicted molar refractivity (Wildman–Crippen MR) is 32.8 cm³/mol. The van der Waals surface area contributed by atoms with Gasteiger partial charge in [0.15, 0.2) is 0 Å². The van der Waals surface area contributed by atoms with Crippen molar-refractivity contribution in [2.24, 2.45) is 0 Å². The number of hydrogen-bond donors (Lipinski definition) is 1. The van der Waals surface area contributed by atoms with Gasteiger partial charge in [-0.3, -0.25) is 0 Å². The highest BCUT2D eigenvalue weighted by Crippen LogP contribution is 2.07. The molecule has 1 heteroatoms. The Balaban J connectivity index is 3.03. The SMILES string of the molecule is [11CH3]c1ccc(O)cc1. The standard InChI is InChI=1S/C7H8O/c1-6-2-4-7(8)5-3-6/h2-5,8H,1H3/i1-1. The molecule has 0 aliphatic carbocycles. The van der Waals surface area contributed by atoms with E-state index in [1.807, 2.05) is 19.1 Å². The summed E-state index contributed by atoms with van der Waals surface area (Å²) in [6.45, 7) is 1.99. The molecule has 0 bridgehead atoms. The maximum atomic E-state index is 8.76. The summed E-state index contributed by atoms with van der Waals surface area (Å²) in [5.74, 6) is 0.329. The van der Waals surface area contributed by atoms with E-state index in [0.29, 0.717) is 5.75 Å². The molecule has 0 saturated heterocycles. The number of benzene rings is 1. The molecule has 1 rings (SSSR count). The van der Waals surface area contributed by atoms with Crippen molar-refractivity contribution in [3.8, 4) is 5.75 Å². The Morgan fingerprint density at radius 3 is 2.00 bits per heavy atom. The summed E-state index contributed by atoms with van der Waals surface area (Å²) < 4.78 is 0. The Morgan fingerprint density at radius 1 is 1.12 bits per heavy atom. The van der Waals surface area contributed by atoms with Crippen LogP contribution in [0.2, 0.25) is 0 Å². The minimum atomic E-state index is 0.329. The topological polar surface area (TPSA) is 20.2 Å². The van der Waals surface area contributed by atoms with E-state index >= 15 is 0 Å². The molecule has 0 amide bonds. The third-order valence-electron chi connectivity index (χ3n) is 1.03. The lowest BCUT2D eigenvalue weighted by Crippen LogP contribution is -1.66. The molecule has 42 valence electrons. The minimum Gasteiger partial charge on any atom is -0.508 e. The molecule has 0 atom stereocenters. The van der Waals surface area contributed by atoms with Gasteiger partial charge in [-0.15, -0.1) is 0 Å². The summed E-state index contributed by atoms with van der Waals surface area (Å²) >= 11 is 0. The minimum absolute atomic E-state index is 0.329. The largest absolute Gasteiger partial charge is 0.508 e. The molecule has 0 aliphatic heterocycles. The average molecular weight is 107 g/mol. The fourth-order valence-corrected chi connectivity index (χ4v) is 0.545. The van der Waals surface area contributed by atoms with Gasteiger partial charge >= 0.3 is 0 Å². The van der Waals surface area contributed by atoms with Crippen molar-refractivity contribution in [1.82, 2.24) is 0 Å². The van der Waals surface area contributed by atoms with E-state index in [-0.39, 0.29) is 0 Å². The molecule has 0 heterocycles. The molecular formula is C7H8O. The first-order chi connectivity index (χ1) is 3.79. The monoisotopic (exact) mass is 107 g/mol. The van der Waals surface area contributed by atoms with Crippen molar-refractivity contribution in [1.29, 1.82) is 0 Å². The Hall–Kier alpha value is -0.980. The van der Waals surface area contributed by atoms with Crippen LogP contribution in [0.15, 0.2) is 24.3 Å². The summed E-state index contributed by atoms with van der Waals surface area (Å²) in [6, 6.07) is 7.09. The number of phenolic OH excluding ortho intramolecular Hbond substituents is 1. The zero-order valence-electron chi connectivity index (χ0n) is 4.76. The molecule has 1 aromatic carbocycles. The van der Waals surface area contributed by atoms with Gasteiger partial charge in [0.25, 0.3) is 0 Å². The highest BCUT2D eigenvalue weighted by atomic mass is 16.3. The van der Waals surface area contributed by atoms with Crippen molar-refractivity contribution in [3.63, 3.8) is 0 Å². The van der Waals surface area contributed by atoms with Crippen molar-refractivity contribution < 1.29 is 5.11 Å². The quantitative estimate of drug-likeness (QED) is 0.535.